The van der Waals surface area contributed by atoms with Gasteiger partial charge in [-0.2, -0.15) is 0 Å². The number of likely N-dealkylation sites (N-methyl/N-ethyl adjacent to an activating group) is 1. The second-order valence-corrected chi connectivity index (χ2v) is 6.96. The van der Waals surface area contributed by atoms with Crippen molar-refractivity contribution in [2.24, 2.45) is 0 Å². The Balaban J connectivity index is 1.91. The number of anilines is 1. The van der Waals surface area contributed by atoms with E-state index in [0.717, 1.165) is 6.42 Å². The van der Waals surface area contributed by atoms with Gasteiger partial charge in [-0.25, -0.2) is 0 Å². The molecular weight excluding hydrogens is 286 g/mol. The van der Waals surface area contributed by atoms with Crippen LogP contribution in [0, 0.1) is 6.92 Å². The molecule has 110 valence electrons. The van der Waals surface area contributed by atoms with Crippen molar-refractivity contribution in [3.63, 3.8) is 0 Å². The van der Waals surface area contributed by atoms with Gasteiger partial charge < -0.3 is 4.90 Å². The summed E-state index contributed by atoms with van der Waals surface area (Å²) in [6.45, 7) is 2.20. The normalized spacial score (nSPS) is 17.5. The fourth-order valence-corrected chi connectivity index (χ4v) is 4.58. The van der Waals surface area contributed by atoms with Crippen molar-refractivity contribution in [1.82, 2.24) is 0 Å². The van der Waals surface area contributed by atoms with Gasteiger partial charge in [-0.3, -0.25) is 0 Å². The van der Waals surface area contributed by atoms with Crippen molar-refractivity contribution in [1.29, 1.82) is 0 Å². The molecule has 4 rings (SSSR count). The summed E-state index contributed by atoms with van der Waals surface area (Å²) in [6.07, 6.45) is 9.90. The van der Waals surface area contributed by atoms with Crippen molar-refractivity contribution in [2.75, 3.05) is 11.9 Å². The van der Waals surface area contributed by atoms with E-state index >= 15 is 0 Å². The first-order valence-corrected chi connectivity index (χ1v) is 8.54. The minimum absolute atomic E-state index is 0.446. The molecule has 1 aromatic heterocycles. The number of hydrogen-bond donors (Lipinski definition) is 0. The van der Waals surface area contributed by atoms with Gasteiger partial charge in [0.2, 0.25) is 0 Å². The molecule has 0 radical (unpaired) electrons. The van der Waals surface area contributed by atoms with Gasteiger partial charge in [-0.15, -0.1) is 11.3 Å². The van der Waals surface area contributed by atoms with Gasteiger partial charge in [0, 0.05) is 22.5 Å². The highest BCUT2D eigenvalue weighted by atomic mass is 32.1. The van der Waals surface area contributed by atoms with Crippen molar-refractivity contribution < 1.29 is 0 Å². The molecule has 2 aromatic carbocycles. The van der Waals surface area contributed by atoms with E-state index in [1.165, 1.54) is 31.4 Å². The fraction of sp³-hybridized carbons (Fsp3) is 0.200. The van der Waals surface area contributed by atoms with Crippen LogP contribution in [0.2, 0.25) is 0 Å². The van der Waals surface area contributed by atoms with E-state index in [2.05, 4.69) is 79.6 Å². The predicted molar refractivity (Wildman–Crippen MR) is 99.2 cm³/mol. The molecule has 0 saturated carbocycles. The van der Waals surface area contributed by atoms with Crippen LogP contribution < -0.4 is 4.90 Å². The average Bonchev–Trinajstić information content (AvgIpc) is 2.95. The molecule has 0 saturated heterocycles. The SMILES string of the molecule is Cc1cccc2c1sc1c(N(C)C3C=CC=CC3)cccc12. The van der Waals surface area contributed by atoms with Crippen molar-refractivity contribution in [3.05, 3.63) is 66.3 Å². The van der Waals surface area contributed by atoms with Crippen LogP contribution in [-0.4, -0.2) is 13.1 Å². The predicted octanol–water partition coefficient (Wildman–Crippen LogP) is 5.68. The Kier molecular flexibility index (Phi) is 3.27. The lowest BCUT2D eigenvalue weighted by Gasteiger charge is -2.28. The maximum atomic E-state index is 2.41. The number of nitrogens with zero attached hydrogens (tertiary/aromatic N) is 1. The molecule has 1 aliphatic carbocycles. The summed E-state index contributed by atoms with van der Waals surface area (Å²) < 4.78 is 2.81. The molecule has 3 aromatic rings. The van der Waals surface area contributed by atoms with Crippen LogP contribution >= 0.6 is 11.3 Å². The summed E-state index contributed by atoms with van der Waals surface area (Å²) in [5.41, 5.74) is 2.70. The molecule has 1 aliphatic rings. The second-order valence-electron chi connectivity index (χ2n) is 5.93. The minimum Gasteiger partial charge on any atom is -0.367 e. The monoisotopic (exact) mass is 305 g/mol. The van der Waals surface area contributed by atoms with E-state index in [1.54, 1.807) is 0 Å². The molecule has 0 amide bonds. The maximum Gasteiger partial charge on any atom is 0.0589 e. The molecule has 1 atom stereocenters. The van der Waals surface area contributed by atoms with Gasteiger partial charge in [0.05, 0.1) is 16.4 Å². The summed E-state index contributed by atoms with van der Waals surface area (Å²) in [5.74, 6) is 0. The van der Waals surface area contributed by atoms with Crippen LogP contribution in [0.1, 0.15) is 12.0 Å². The van der Waals surface area contributed by atoms with Crippen molar-refractivity contribution in [3.8, 4) is 0 Å². The van der Waals surface area contributed by atoms with E-state index in [4.69, 9.17) is 0 Å². The summed E-state index contributed by atoms with van der Waals surface area (Å²) in [7, 11) is 2.21. The first-order valence-electron chi connectivity index (χ1n) is 7.73. The van der Waals surface area contributed by atoms with Gasteiger partial charge in [-0.1, -0.05) is 54.6 Å². The lowest BCUT2D eigenvalue weighted by Crippen LogP contribution is -2.30. The zero-order chi connectivity index (χ0) is 15.1. The zero-order valence-corrected chi connectivity index (χ0v) is 13.7. The first kappa shape index (κ1) is 13.6. The van der Waals surface area contributed by atoms with Gasteiger partial charge in [0.15, 0.2) is 0 Å². The Labute approximate surface area is 135 Å². The molecule has 0 bridgehead atoms. The molecule has 2 heteroatoms. The van der Waals surface area contributed by atoms with Gasteiger partial charge >= 0.3 is 0 Å². The van der Waals surface area contributed by atoms with E-state index in [9.17, 15) is 0 Å². The highest BCUT2D eigenvalue weighted by Gasteiger charge is 2.17. The zero-order valence-electron chi connectivity index (χ0n) is 12.9. The molecule has 1 heterocycles. The molecule has 0 aliphatic heterocycles. The highest BCUT2D eigenvalue weighted by Crippen LogP contribution is 2.41. The Hall–Kier alpha value is -2.06. The number of thiophene rings is 1. The van der Waals surface area contributed by atoms with Crippen LogP contribution in [0.25, 0.3) is 20.2 Å². The number of hydrogen-bond acceptors (Lipinski definition) is 2. The first-order chi connectivity index (χ1) is 10.8. The Morgan fingerprint density at radius 2 is 1.77 bits per heavy atom. The number of rotatable bonds is 2. The highest BCUT2D eigenvalue weighted by molar-refractivity contribution is 7.26. The Morgan fingerprint density at radius 1 is 1.00 bits per heavy atom. The lowest BCUT2D eigenvalue weighted by atomic mass is 10.1. The van der Waals surface area contributed by atoms with Crippen LogP contribution in [0.5, 0.6) is 0 Å². The maximum absolute atomic E-state index is 2.41. The lowest BCUT2D eigenvalue weighted by molar-refractivity contribution is 0.756. The summed E-state index contributed by atoms with van der Waals surface area (Å²) >= 11 is 1.92. The number of allylic oxidation sites excluding steroid dienone is 2. The summed E-state index contributed by atoms with van der Waals surface area (Å²) in [6, 6.07) is 13.7. The van der Waals surface area contributed by atoms with E-state index in [0.29, 0.717) is 6.04 Å². The summed E-state index contributed by atoms with van der Waals surface area (Å²) in [5, 5.41) is 2.76. The van der Waals surface area contributed by atoms with E-state index in [-0.39, 0.29) is 0 Å². The third-order valence-corrected chi connectivity index (χ3v) is 5.92. The van der Waals surface area contributed by atoms with E-state index in [1.807, 2.05) is 11.3 Å². The van der Waals surface area contributed by atoms with Gasteiger partial charge in [-0.05, 0) is 25.0 Å². The number of benzene rings is 2. The largest absolute Gasteiger partial charge is 0.367 e. The smallest absolute Gasteiger partial charge is 0.0589 e. The average molecular weight is 305 g/mol. The molecule has 0 N–H and O–H groups in total. The molecule has 1 unspecified atom stereocenters. The van der Waals surface area contributed by atoms with Crippen LogP contribution in [0.3, 0.4) is 0 Å². The summed E-state index contributed by atoms with van der Waals surface area (Å²) in [4.78, 5) is 2.41. The molecule has 0 fully saturated rings. The number of fused-ring (bicyclic) bond motifs is 3. The Morgan fingerprint density at radius 3 is 2.55 bits per heavy atom. The van der Waals surface area contributed by atoms with E-state index < -0.39 is 0 Å². The molecule has 1 nitrogen and oxygen atoms in total. The molecular formula is C20H19NS. The van der Waals surface area contributed by atoms with Crippen molar-refractivity contribution >= 4 is 37.2 Å². The van der Waals surface area contributed by atoms with Gasteiger partial charge in [0.25, 0.3) is 0 Å². The Bertz CT molecular complexity index is 901. The third kappa shape index (κ3) is 2.06. The fourth-order valence-electron chi connectivity index (χ4n) is 3.26. The number of aryl methyl sites for hydroxylation is 1. The molecule has 22 heavy (non-hydrogen) atoms. The van der Waals surface area contributed by atoms with Crippen LogP contribution in [-0.2, 0) is 0 Å². The minimum atomic E-state index is 0.446. The quantitative estimate of drug-likeness (QED) is 0.588. The van der Waals surface area contributed by atoms with Crippen LogP contribution in [0.4, 0.5) is 5.69 Å². The topological polar surface area (TPSA) is 3.24 Å². The molecule has 0 spiro atoms. The third-order valence-electron chi connectivity index (χ3n) is 4.54. The standard InChI is InChI=1S/C20H19NS/c1-14-8-6-11-16-17-12-7-13-18(20(17)22-19(14)16)21(2)15-9-4-3-5-10-15/h3-9,11-13,15H,10H2,1-2H3. The van der Waals surface area contributed by atoms with Crippen LogP contribution in [0.15, 0.2) is 60.7 Å². The second kappa shape index (κ2) is 5.29. The van der Waals surface area contributed by atoms with Crippen molar-refractivity contribution in [2.45, 2.75) is 19.4 Å². The van der Waals surface area contributed by atoms with Gasteiger partial charge in [0.1, 0.15) is 0 Å².